The van der Waals surface area contributed by atoms with Crippen molar-refractivity contribution in [2.75, 3.05) is 37.5 Å². The Labute approximate surface area is 168 Å². The number of likely N-dealkylation sites (tertiary alicyclic amines) is 1. The summed E-state index contributed by atoms with van der Waals surface area (Å²) in [5.74, 6) is -1.51. The zero-order valence-electron chi connectivity index (χ0n) is 16.3. The SMILES string of the molecule is COCCOC(=O)Nc1cccc(NC(=O)CN2C(=O)C3CCCCC3C2=O)c1. The molecule has 1 saturated carbocycles. The van der Waals surface area contributed by atoms with Crippen LogP contribution in [0.3, 0.4) is 0 Å². The lowest BCUT2D eigenvalue weighted by atomic mass is 9.81. The van der Waals surface area contributed by atoms with Crippen LogP contribution in [0.15, 0.2) is 24.3 Å². The second-order valence-electron chi connectivity index (χ2n) is 7.14. The highest BCUT2D eigenvalue weighted by atomic mass is 16.6. The summed E-state index contributed by atoms with van der Waals surface area (Å²) in [5.41, 5.74) is 0.866. The molecule has 3 rings (SSSR count). The number of imide groups is 1. The van der Waals surface area contributed by atoms with E-state index in [9.17, 15) is 19.2 Å². The number of anilines is 2. The fourth-order valence-electron chi connectivity index (χ4n) is 3.78. The van der Waals surface area contributed by atoms with Crippen molar-refractivity contribution in [3.63, 3.8) is 0 Å². The number of rotatable bonds is 7. The summed E-state index contributed by atoms with van der Waals surface area (Å²) in [5, 5.41) is 5.21. The molecule has 0 bridgehead atoms. The highest BCUT2D eigenvalue weighted by molar-refractivity contribution is 6.08. The largest absolute Gasteiger partial charge is 0.447 e. The molecular weight excluding hydrogens is 378 g/mol. The van der Waals surface area contributed by atoms with Gasteiger partial charge in [-0.1, -0.05) is 18.9 Å². The quantitative estimate of drug-likeness (QED) is 0.532. The van der Waals surface area contributed by atoms with Crippen molar-refractivity contribution in [3.05, 3.63) is 24.3 Å². The van der Waals surface area contributed by atoms with Gasteiger partial charge in [-0.15, -0.1) is 0 Å². The van der Waals surface area contributed by atoms with Crippen LogP contribution in [-0.2, 0) is 23.9 Å². The lowest BCUT2D eigenvalue weighted by Gasteiger charge is -2.19. The number of hydrogen-bond acceptors (Lipinski definition) is 6. The molecule has 0 aromatic heterocycles. The molecular formula is C20H25N3O6. The highest BCUT2D eigenvalue weighted by Gasteiger charge is 2.48. The van der Waals surface area contributed by atoms with E-state index in [4.69, 9.17) is 9.47 Å². The topological polar surface area (TPSA) is 114 Å². The summed E-state index contributed by atoms with van der Waals surface area (Å²) in [6.45, 7) is 0.110. The minimum Gasteiger partial charge on any atom is -0.447 e. The van der Waals surface area contributed by atoms with Gasteiger partial charge < -0.3 is 14.8 Å². The van der Waals surface area contributed by atoms with Crippen LogP contribution in [0.4, 0.5) is 16.2 Å². The summed E-state index contributed by atoms with van der Waals surface area (Å²) >= 11 is 0. The van der Waals surface area contributed by atoms with Crippen LogP contribution in [0.2, 0.25) is 0 Å². The first-order valence-electron chi connectivity index (χ1n) is 9.67. The average Bonchev–Trinajstić information content (AvgIpc) is 2.93. The molecule has 2 fully saturated rings. The van der Waals surface area contributed by atoms with E-state index in [0.717, 1.165) is 17.7 Å². The molecule has 1 saturated heterocycles. The summed E-state index contributed by atoms with van der Waals surface area (Å²) in [7, 11) is 1.50. The molecule has 2 unspecified atom stereocenters. The van der Waals surface area contributed by atoms with Crippen molar-refractivity contribution >= 4 is 35.2 Å². The van der Waals surface area contributed by atoms with E-state index in [1.54, 1.807) is 24.3 Å². The molecule has 0 radical (unpaired) electrons. The van der Waals surface area contributed by atoms with Crippen molar-refractivity contribution in [1.29, 1.82) is 0 Å². The summed E-state index contributed by atoms with van der Waals surface area (Å²) in [4.78, 5) is 50.1. The fraction of sp³-hybridized carbons (Fsp3) is 0.500. The van der Waals surface area contributed by atoms with Crippen LogP contribution >= 0.6 is 0 Å². The van der Waals surface area contributed by atoms with Crippen LogP contribution in [0.25, 0.3) is 0 Å². The number of carbonyl (C=O) groups is 4. The fourth-order valence-corrected chi connectivity index (χ4v) is 3.78. The predicted molar refractivity (Wildman–Crippen MR) is 104 cm³/mol. The van der Waals surface area contributed by atoms with E-state index >= 15 is 0 Å². The molecule has 9 nitrogen and oxygen atoms in total. The van der Waals surface area contributed by atoms with Gasteiger partial charge in [-0.3, -0.25) is 24.6 Å². The second kappa shape index (κ2) is 9.51. The van der Waals surface area contributed by atoms with Crippen molar-refractivity contribution in [2.45, 2.75) is 25.7 Å². The van der Waals surface area contributed by atoms with E-state index in [0.29, 0.717) is 30.8 Å². The Morgan fingerprint density at radius 1 is 1.03 bits per heavy atom. The maximum absolute atomic E-state index is 12.5. The number of hydrogen-bond donors (Lipinski definition) is 2. The number of nitrogens with one attached hydrogen (secondary N) is 2. The molecule has 1 aliphatic heterocycles. The Morgan fingerprint density at radius 2 is 1.66 bits per heavy atom. The van der Waals surface area contributed by atoms with Gasteiger partial charge >= 0.3 is 6.09 Å². The van der Waals surface area contributed by atoms with Gasteiger partial charge in [0.1, 0.15) is 13.2 Å². The first kappa shape index (κ1) is 20.8. The third-order valence-electron chi connectivity index (χ3n) is 5.15. The summed E-state index contributed by atoms with van der Waals surface area (Å²) in [6, 6.07) is 6.50. The van der Waals surface area contributed by atoms with Crippen LogP contribution in [0, 0.1) is 11.8 Å². The van der Waals surface area contributed by atoms with Crippen molar-refractivity contribution in [1.82, 2.24) is 4.90 Å². The van der Waals surface area contributed by atoms with E-state index in [-0.39, 0.29) is 36.8 Å². The first-order valence-corrected chi connectivity index (χ1v) is 9.67. The minimum absolute atomic E-state index is 0.124. The van der Waals surface area contributed by atoms with Crippen LogP contribution in [-0.4, -0.2) is 55.6 Å². The molecule has 1 heterocycles. The summed E-state index contributed by atoms with van der Waals surface area (Å²) in [6.07, 6.45) is 2.66. The normalized spacial score (nSPS) is 20.9. The Balaban J connectivity index is 1.55. The van der Waals surface area contributed by atoms with E-state index in [1.807, 2.05) is 0 Å². The molecule has 29 heavy (non-hydrogen) atoms. The zero-order valence-corrected chi connectivity index (χ0v) is 16.3. The molecule has 2 atom stereocenters. The number of ether oxygens (including phenoxy) is 2. The molecule has 1 aromatic rings. The van der Waals surface area contributed by atoms with Gasteiger partial charge in [0.2, 0.25) is 17.7 Å². The number of fused-ring (bicyclic) bond motifs is 1. The van der Waals surface area contributed by atoms with Crippen molar-refractivity contribution in [2.24, 2.45) is 11.8 Å². The number of carbonyl (C=O) groups excluding carboxylic acids is 4. The zero-order chi connectivity index (χ0) is 20.8. The Hall–Kier alpha value is -2.94. The predicted octanol–water partition coefficient (Wildman–Crippen LogP) is 2.00. The number of amides is 4. The maximum atomic E-state index is 12.5. The molecule has 4 amide bonds. The lowest BCUT2D eigenvalue weighted by Crippen LogP contribution is -2.38. The van der Waals surface area contributed by atoms with Crippen LogP contribution in [0.5, 0.6) is 0 Å². The van der Waals surface area contributed by atoms with Crippen molar-refractivity contribution < 1.29 is 28.7 Å². The van der Waals surface area contributed by atoms with Gasteiger partial charge in [0.25, 0.3) is 0 Å². The molecule has 0 spiro atoms. The molecule has 156 valence electrons. The molecule has 1 aromatic carbocycles. The third-order valence-corrected chi connectivity index (χ3v) is 5.15. The Morgan fingerprint density at radius 3 is 2.28 bits per heavy atom. The van der Waals surface area contributed by atoms with Crippen LogP contribution in [0.1, 0.15) is 25.7 Å². The highest BCUT2D eigenvalue weighted by Crippen LogP contribution is 2.37. The van der Waals surface area contributed by atoms with Crippen molar-refractivity contribution in [3.8, 4) is 0 Å². The smallest absolute Gasteiger partial charge is 0.411 e. The maximum Gasteiger partial charge on any atom is 0.411 e. The average molecular weight is 403 g/mol. The van der Waals surface area contributed by atoms with Gasteiger partial charge in [-0.2, -0.15) is 0 Å². The number of methoxy groups -OCH3 is 1. The minimum atomic E-state index is -0.638. The monoisotopic (exact) mass is 403 g/mol. The molecule has 9 heteroatoms. The van der Waals surface area contributed by atoms with Gasteiger partial charge in [0.05, 0.1) is 18.4 Å². The molecule has 2 N–H and O–H groups in total. The first-order chi connectivity index (χ1) is 14.0. The van der Waals surface area contributed by atoms with E-state index in [1.165, 1.54) is 7.11 Å². The lowest BCUT2D eigenvalue weighted by molar-refractivity contribution is -0.142. The summed E-state index contributed by atoms with van der Waals surface area (Å²) < 4.78 is 9.72. The van der Waals surface area contributed by atoms with Gasteiger partial charge in [-0.05, 0) is 31.0 Å². The molecule has 2 aliphatic rings. The Kier molecular flexibility index (Phi) is 6.82. The number of benzene rings is 1. The van der Waals surface area contributed by atoms with Gasteiger partial charge in [-0.25, -0.2) is 4.79 Å². The Bertz CT molecular complexity index is 772. The molecule has 1 aliphatic carbocycles. The van der Waals surface area contributed by atoms with Crippen LogP contribution < -0.4 is 10.6 Å². The third kappa shape index (κ3) is 5.11. The van der Waals surface area contributed by atoms with Gasteiger partial charge in [0.15, 0.2) is 0 Å². The van der Waals surface area contributed by atoms with E-state index in [2.05, 4.69) is 10.6 Å². The standard InChI is InChI=1S/C20H25N3O6/c1-28-9-10-29-20(27)22-14-6-4-5-13(11-14)21-17(24)12-23-18(25)15-7-2-3-8-16(15)19(23)26/h4-6,11,15-16H,2-3,7-10,12H2,1H3,(H,21,24)(H,22,27). The van der Waals surface area contributed by atoms with E-state index < -0.39 is 12.0 Å². The second-order valence-corrected chi connectivity index (χ2v) is 7.14. The number of nitrogens with zero attached hydrogens (tertiary/aromatic N) is 1. The van der Waals surface area contributed by atoms with Gasteiger partial charge in [0, 0.05) is 18.5 Å².